The van der Waals surface area contributed by atoms with Gasteiger partial charge in [0.25, 0.3) is 0 Å². The molecule has 26 heavy (non-hydrogen) atoms. The van der Waals surface area contributed by atoms with Gasteiger partial charge in [0.05, 0.1) is 11.2 Å². The third-order valence-corrected chi connectivity index (χ3v) is 8.74. The number of rotatable bonds is 11. The van der Waals surface area contributed by atoms with Crippen molar-refractivity contribution >= 4 is 15.4 Å². The molecule has 0 aromatic heterocycles. The van der Waals surface area contributed by atoms with Crippen LogP contribution in [0.3, 0.4) is 0 Å². The minimum Gasteiger partial charge on any atom is -0.411 e. The minimum absolute atomic E-state index is 0.253. The van der Waals surface area contributed by atoms with Crippen molar-refractivity contribution < 1.29 is 13.7 Å². The highest BCUT2D eigenvalue weighted by atomic mass is 28.4. The predicted octanol–water partition coefficient (Wildman–Crippen LogP) is 6.46. The van der Waals surface area contributed by atoms with E-state index in [0.717, 1.165) is 6.42 Å². The average Bonchev–Trinajstić information content (AvgIpc) is 2.67. The predicted molar refractivity (Wildman–Crippen MR) is 116 cm³/mol. The van der Waals surface area contributed by atoms with Gasteiger partial charge in [-0.25, -0.2) is 0 Å². The first-order chi connectivity index (χ1) is 11.9. The maximum atomic E-state index is 6.37. The Bertz CT molecular complexity index is 442. The van der Waals surface area contributed by atoms with E-state index in [2.05, 4.69) is 67.5 Å². The van der Waals surface area contributed by atoms with Crippen LogP contribution in [-0.4, -0.2) is 32.7 Å². The largest absolute Gasteiger partial charge is 0.486 e. The van der Waals surface area contributed by atoms with Gasteiger partial charge in [-0.15, -0.1) is 0 Å². The molecule has 0 aliphatic carbocycles. The Balaban J connectivity index is 2.81. The zero-order valence-corrected chi connectivity index (χ0v) is 19.9. The minimum atomic E-state index is -1.93. The first-order valence-electron chi connectivity index (χ1n) is 10.7. The van der Waals surface area contributed by atoms with Crippen LogP contribution in [0.2, 0.25) is 13.1 Å². The molecule has 1 aliphatic heterocycles. The van der Waals surface area contributed by atoms with Crippen LogP contribution < -0.4 is 0 Å². The first-order valence-corrected chi connectivity index (χ1v) is 13.6. The van der Waals surface area contributed by atoms with Gasteiger partial charge in [-0.2, -0.15) is 0 Å². The van der Waals surface area contributed by atoms with E-state index in [1.165, 1.54) is 43.7 Å². The highest BCUT2D eigenvalue weighted by Gasteiger charge is 2.50. The van der Waals surface area contributed by atoms with E-state index in [4.69, 9.17) is 13.7 Å². The van der Waals surface area contributed by atoms with Crippen LogP contribution in [0.25, 0.3) is 0 Å². The summed E-state index contributed by atoms with van der Waals surface area (Å²) in [6.07, 6.45) is 9.23. The van der Waals surface area contributed by atoms with Gasteiger partial charge in [-0.3, -0.25) is 0 Å². The van der Waals surface area contributed by atoms with Crippen molar-refractivity contribution in [3.8, 4) is 0 Å². The van der Waals surface area contributed by atoms with Crippen molar-refractivity contribution in [3.05, 3.63) is 11.2 Å². The molecule has 5 heteroatoms. The molecule has 0 aromatic carbocycles. The summed E-state index contributed by atoms with van der Waals surface area (Å²) in [6, 6.07) is 0. The Morgan fingerprint density at radius 3 is 1.96 bits per heavy atom. The molecule has 0 amide bonds. The molecule has 0 radical (unpaired) electrons. The van der Waals surface area contributed by atoms with Crippen molar-refractivity contribution in [1.29, 1.82) is 0 Å². The monoisotopic (exact) mass is 382 g/mol. The lowest BCUT2D eigenvalue weighted by Crippen LogP contribution is -2.41. The van der Waals surface area contributed by atoms with Crippen LogP contribution in [0, 0.1) is 0 Å². The van der Waals surface area contributed by atoms with Gasteiger partial charge in [-0.05, 0) is 67.5 Å². The molecule has 0 N–H and O–H groups in total. The van der Waals surface area contributed by atoms with Crippen LogP contribution in [0.4, 0.5) is 0 Å². The number of hydrogen-bond acceptors (Lipinski definition) is 3. The van der Waals surface area contributed by atoms with Gasteiger partial charge in [0.2, 0.25) is 8.32 Å². The Labute approximate surface area is 164 Å². The zero-order valence-electron chi connectivity index (χ0n) is 18.9. The third kappa shape index (κ3) is 7.14. The fraction of sp³-hybridized carbons (Fsp3) is 0.905. The lowest BCUT2D eigenvalue weighted by molar-refractivity contribution is 0.00578. The van der Waals surface area contributed by atoms with Crippen molar-refractivity contribution in [2.45, 2.75) is 124 Å². The van der Waals surface area contributed by atoms with Crippen LogP contribution in [0.15, 0.2) is 11.2 Å². The molecule has 1 fully saturated rings. The smallest absolute Gasteiger partial charge is 0.411 e. The average molecular weight is 382 g/mol. The fourth-order valence-corrected chi connectivity index (χ4v) is 6.11. The highest BCUT2D eigenvalue weighted by molar-refractivity contribution is 6.79. The molecule has 0 saturated carbocycles. The number of hydrogen-bond donors (Lipinski definition) is 0. The summed E-state index contributed by atoms with van der Waals surface area (Å²) < 4.78 is 18.8. The molecular weight excluding hydrogens is 339 g/mol. The summed E-state index contributed by atoms with van der Waals surface area (Å²) in [5.74, 6) is 2.23. The molecule has 1 rings (SSSR count). The summed E-state index contributed by atoms with van der Waals surface area (Å²) in [4.78, 5) is 0. The second-order valence-corrected chi connectivity index (χ2v) is 13.4. The van der Waals surface area contributed by atoms with E-state index in [-0.39, 0.29) is 24.4 Å². The van der Waals surface area contributed by atoms with E-state index in [9.17, 15) is 0 Å². The molecule has 1 saturated heterocycles. The van der Waals surface area contributed by atoms with Gasteiger partial charge >= 0.3 is 7.12 Å². The van der Waals surface area contributed by atoms with Crippen molar-refractivity contribution in [1.82, 2.24) is 0 Å². The Morgan fingerprint density at radius 1 is 0.962 bits per heavy atom. The fourth-order valence-electron chi connectivity index (χ4n) is 3.47. The quantitative estimate of drug-likeness (QED) is 0.303. The lowest BCUT2D eigenvalue weighted by atomic mass is 9.89. The van der Waals surface area contributed by atoms with Gasteiger partial charge in [-0.1, -0.05) is 50.2 Å². The second-order valence-electron chi connectivity index (χ2n) is 9.51. The van der Waals surface area contributed by atoms with Crippen molar-refractivity contribution in [3.63, 3.8) is 0 Å². The Morgan fingerprint density at radius 2 is 1.46 bits per heavy atom. The lowest BCUT2D eigenvalue weighted by Gasteiger charge is -2.32. The van der Waals surface area contributed by atoms with E-state index >= 15 is 0 Å². The van der Waals surface area contributed by atoms with Crippen LogP contribution in [0.5, 0.6) is 0 Å². The SMILES string of the molecule is CCCCCCCC/C(=C\B1OC(C)(C)C(C)(C)O1)[Si](C)(C)OC(C)C. The maximum Gasteiger partial charge on any atom is 0.486 e. The standard InChI is InChI=1S/C21H43BO3Si/c1-10-11-12-13-14-15-16-19(26(8,9)23-18(2)3)17-22-24-20(4,5)21(6,7)25-22/h17-18H,10-16H2,1-9H3/b19-17+. The van der Waals surface area contributed by atoms with Crippen LogP contribution >= 0.6 is 0 Å². The van der Waals surface area contributed by atoms with E-state index in [1.807, 2.05) is 0 Å². The summed E-state index contributed by atoms with van der Waals surface area (Å²) in [5, 5.41) is 1.43. The van der Waals surface area contributed by atoms with Gasteiger partial charge in [0.15, 0.2) is 0 Å². The maximum absolute atomic E-state index is 6.37. The normalized spacial score (nSPS) is 20.2. The molecule has 0 aromatic rings. The first kappa shape index (κ1) is 23.9. The van der Waals surface area contributed by atoms with Crippen molar-refractivity contribution in [2.24, 2.45) is 0 Å². The second kappa shape index (κ2) is 9.90. The number of unbranched alkanes of at least 4 members (excludes halogenated alkanes) is 5. The van der Waals surface area contributed by atoms with Crippen LogP contribution in [-0.2, 0) is 13.7 Å². The number of allylic oxidation sites excluding steroid dienone is 1. The highest BCUT2D eigenvalue weighted by Crippen LogP contribution is 2.38. The van der Waals surface area contributed by atoms with E-state index in [0.29, 0.717) is 0 Å². The summed E-state index contributed by atoms with van der Waals surface area (Å²) in [6.45, 7) is 19.6. The molecule has 1 heterocycles. The summed E-state index contributed by atoms with van der Waals surface area (Å²) in [7, 11) is -2.20. The Hall–Kier alpha value is -0.0982. The van der Waals surface area contributed by atoms with Gasteiger partial charge in [0.1, 0.15) is 0 Å². The molecule has 0 unspecified atom stereocenters. The molecule has 0 atom stereocenters. The summed E-state index contributed by atoms with van der Waals surface area (Å²) in [5.41, 5.74) is -0.575. The summed E-state index contributed by atoms with van der Waals surface area (Å²) >= 11 is 0. The van der Waals surface area contributed by atoms with E-state index < -0.39 is 8.32 Å². The zero-order chi connectivity index (χ0) is 20.0. The third-order valence-electron chi connectivity index (χ3n) is 5.71. The molecule has 0 bridgehead atoms. The van der Waals surface area contributed by atoms with Crippen molar-refractivity contribution in [2.75, 3.05) is 0 Å². The topological polar surface area (TPSA) is 27.7 Å². The Kier molecular flexibility index (Phi) is 9.12. The molecular formula is C21H43BO3Si. The molecule has 152 valence electrons. The molecule has 3 nitrogen and oxygen atoms in total. The van der Waals surface area contributed by atoms with Gasteiger partial charge in [0, 0.05) is 6.10 Å². The molecule has 0 spiro atoms. The van der Waals surface area contributed by atoms with Crippen LogP contribution in [0.1, 0.15) is 93.4 Å². The van der Waals surface area contributed by atoms with E-state index in [1.54, 1.807) is 0 Å². The van der Waals surface area contributed by atoms with Gasteiger partial charge < -0.3 is 13.7 Å². The molecule has 1 aliphatic rings.